The highest BCUT2D eigenvalue weighted by Crippen LogP contribution is 2.48. The van der Waals surface area contributed by atoms with Crippen LogP contribution >= 0.6 is 0 Å². The summed E-state index contributed by atoms with van der Waals surface area (Å²) < 4.78 is 10.4. The van der Waals surface area contributed by atoms with E-state index in [1.54, 1.807) is 0 Å². The molecule has 0 amide bonds. The minimum atomic E-state index is -0.0607. The van der Waals surface area contributed by atoms with Gasteiger partial charge in [0.05, 0.1) is 18.6 Å². The maximum absolute atomic E-state index is 11.3. The first-order valence-electron chi connectivity index (χ1n) is 4.63. The highest BCUT2D eigenvalue weighted by Gasteiger charge is 2.57. The zero-order valence-electron chi connectivity index (χ0n) is 7.29. The summed E-state index contributed by atoms with van der Waals surface area (Å²) in [6.07, 6.45) is 2.42. The normalized spacial score (nSPS) is 38.6. The second-order valence-electron chi connectivity index (χ2n) is 3.42. The highest BCUT2D eigenvalue weighted by molar-refractivity contribution is 5.77. The molecule has 0 aromatic rings. The van der Waals surface area contributed by atoms with Crippen LogP contribution in [0.2, 0.25) is 0 Å². The molecule has 3 nitrogen and oxygen atoms in total. The lowest BCUT2D eigenvalue weighted by molar-refractivity contribution is -0.145. The number of ether oxygens (including phenoxy) is 2. The van der Waals surface area contributed by atoms with Gasteiger partial charge in [-0.05, 0) is 19.8 Å². The minimum Gasteiger partial charge on any atom is -0.466 e. The molecule has 3 atom stereocenters. The Kier molecular flexibility index (Phi) is 2.05. The summed E-state index contributed by atoms with van der Waals surface area (Å²) in [5.41, 5.74) is 0. The van der Waals surface area contributed by atoms with E-state index in [0.717, 1.165) is 19.4 Å². The minimum absolute atomic E-state index is 0.0607. The van der Waals surface area contributed by atoms with E-state index in [2.05, 4.69) is 0 Å². The highest BCUT2D eigenvalue weighted by atomic mass is 16.5. The van der Waals surface area contributed by atoms with Gasteiger partial charge in [0, 0.05) is 12.5 Å². The fraction of sp³-hybridized carbons (Fsp3) is 0.889. The summed E-state index contributed by atoms with van der Waals surface area (Å²) in [7, 11) is 0. The van der Waals surface area contributed by atoms with Crippen LogP contribution in [-0.4, -0.2) is 25.3 Å². The van der Waals surface area contributed by atoms with Gasteiger partial charge < -0.3 is 9.47 Å². The zero-order chi connectivity index (χ0) is 8.55. The van der Waals surface area contributed by atoms with Gasteiger partial charge in [-0.2, -0.15) is 0 Å². The number of rotatable bonds is 2. The second-order valence-corrected chi connectivity index (χ2v) is 3.42. The molecular weight excluding hydrogens is 156 g/mol. The summed E-state index contributed by atoms with van der Waals surface area (Å²) in [6, 6.07) is 0. The average molecular weight is 170 g/mol. The van der Waals surface area contributed by atoms with Crippen LogP contribution in [0.5, 0.6) is 0 Å². The molecule has 1 saturated carbocycles. The maximum Gasteiger partial charge on any atom is 0.311 e. The molecule has 1 saturated heterocycles. The van der Waals surface area contributed by atoms with Gasteiger partial charge in [-0.1, -0.05) is 0 Å². The molecule has 1 aliphatic carbocycles. The lowest BCUT2D eigenvalue weighted by Gasteiger charge is -2.07. The first-order valence-corrected chi connectivity index (χ1v) is 4.63. The van der Waals surface area contributed by atoms with E-state index in [4.69, 9.17) is 9.47 Å². The quantitative estimate of drug-likeness (QED) is 0.579. The van der Waals surface area contributed by atoms with Crippen LogP contribution in [0.3, 0.4) is 0 Å². The van der Waals surface area contributed by atoms with Crippen LogP contribution in [0.15, 0.2) is 0 Å². The maximum atomic E-state index is 11.3. The summed E-state index contributed by atoms with van der Waals surface area (Å²) in [4.78, 5) is 11.3. The van der Waals surface area contributed by atoms with Crippen molar-refractivity contribution in [1.82, 2.24) is 0 Å². The van der Waals surface area contributed by atoms with Gasteiger partial charge in [-0.3, -0.25) is 4.79 Å². The molecule has 0 radical (unpaired) electrons. The van der Waals surface area contributed by atoms with Crippen LogP contribution in [-0.2, 0) is 14.3 Å². The molecule has 3 heteroatoms. The van der Waals surface area contributed by atoms with Gasteiger partial charge >= 0.3 is 5.97 Å². The summed E-state index contributed by atoms with van der Waals surface area (Å²) in [6.45, 7) is 3.14. The molecule has 0 bridgehead atoms. The van der Waals surface area contributed by atoms with Gasteiger partial charge in [0.2, 0.25) is 0 Å². The molecule has 1 aliphatic heterocycles. The zero-order valence-corrected chi connectivity index (χ0v) is 7.29. The van der Waals surface area contributed by atoms with Gasteiger partial charge in [0.1, 0.15) is 0 Å². The fourth-order valence-corrected chi connectivity index (χ4v) is 2.00. The van der Waals surface area contributed by atoms with Crippen LogP contribution in [0.4, 0.5) is 0 Å². The standard InChI is InChI=1S/C9H14O3/c1-2-11-9(10)7-6-4-3-5-12-8(6)7/h6-8H,2-5H2,1H3/t6-,7+,8-/m1/s1. The number of hydrogen-bond donors (Lipinski definition) is 0. The summed E-state index contributed by atoms with van der Waals surface area (Å²) in [5, 5.41) is 0. The molecule has 0 N–H and O–H groups in total. The molecule has 12 heavy (non-hydrogen) atoms. The molecule has 1 heterocycles. The molecule has 2 rings (SSSR count). The molecule has 0 aromatic heterocycles. The molecular formula is C9H14O3. The number of carbonyl (C=O) groups excluding carboxylic acids is 1. The number of esters is 1. The van der Waals surface area contributed by atoms with E-state index in [-0.39, 0.29) is 18.0 Å². The topological polar surface area (TPSA) is 35.5 Å². The van der Waals surface area contributed by atoms with Crippen LogP contribution in [0.1, 0.15) is 19.8 Å². The Balaban J connectivity index is 1.87. The van der Waals surface area contributed by atoms with Crippen molar-refractivity contribution in [3.05, 3.63) is 0 Å². The lowest BCUT2D eigenvalue weighted by atomic mass is 10.2. The van der Waals surface area contributed by atoms with Crippen molar-refractivity contribution in [2.75, 3.05) is 13.2 Å². The van der Waals surface area contributed by atoms with Gasteiger partial charge in [0.15, 0.2) is 0 Å². The van der Waals surface area contributed by atoms with Crippen molar-refractivity contribution >= 4 is 5.97 Å². The van der Waals surface area contributed by atoms with Crippen molar-refractivity contribution < 1.29 is 14.3 Å². The predicted octanol–water partition coefficient (Wildman–Crippen LogP) is 0.974. The number of fused-ring (bicyclic) bond motifs is 1. The van der Waals surface area contributed by atoms with Crippen molar-refractivity contribution in [3.63, 3.8) is 0 Å². The smallest absolute Gasteiger partial charge is 0.311 e. The van der Waals surface area contributed by atoms with Gasteiger partial charge in [-0.15, -0.1) is 0 Å². The van der Waals surface area contributed by atoms with E-state index >= 15 is 0 Å². The van der Waals surface area contributed by atoms with Crippen LogP contribution in [0.25, 0.3) is 0 Å². The number of carbonyl (C=O) groups is 1. The molecule has 2 fully saturated rings. The third kappa shape index (κ3) is 1.22. The van der Waals surface area contributed by atoms with E-state index in [1.165, 1.54) is 0 Å². The lowest BCUT2D eigenvalue weighted by Crippen LogP contribution is -2.10. The van der Waals surface area contributed by atoms with Crippen LogP contribution in [0, 0.1) is 11.8 Å². The summed E-state index contributed by atoms with van der Waals surface area (Å²) >= 11 is 0. The molecule has 0 aromatic carbocycles. The second kappa shape index (κ2) is 3.05. The van der Waals surface area contributed by atoms with Crippen LogP contribution < -0.4 is 0 Å². The first kappa shape index (κ1) is 8.05. The van der Waals surface area contributed by atoms with Crippen molar-refractivity contribution in [2.24, 2.45) is 11.8 Å². The SMILES string of the molecule is CCOC(=O)[C@H]1[C@H]2CCCO[C@H]21. The van der Waals surface area contributed by atoms with Crippen molar-refractivity contribution in [2.45, 2.75) is 25.9 Å². The molecule has 68 valence electrons. The Morgan fingerprint density at radius 1 is 1.67 bits per heavy atom. The molecule has 2 aliphatic rings. The Morgan fingerprint density at radius 3 is 3.08 bits per heavy atom. The summed E-state index contributed by atoms with van der Waals surface area (Å²) in [5.74, 6) is 0.472. The van der Waals surface area contributed by atoms with E-state index in [0.29, 0.717) is 12.5 Å². The average Bonchev–Trinajstić information content (AvgIpc) is 2.78. The Labute approximate surface area is 72.0 Å². The molecule has 0 unspecified atom stereocenters. The largest absolute Gasteiger partial charge is 0.466 e. The molecule has 0 spiro atoms. The monoisotopic (exact) mass is 170 g/mol. The Hall–Kier alpha value is -0.570. The first-order chi connectivity index (χ1) is 5.84. The Bertz CT molecular complexity index is 178. The predicted molar refractivity (Wildman–Crippen MR) is 42.6 cm³/mol. The van der Waals surface area contributed by atoms with E-state index in [1.807, 2.05) is 6.92 Å². The van der Waals surface area contributed by atoms with Gasteiger partial charge in [-0.25, -0.2) is 0 Å². The van der Waals surface area contributed by atoms with E-state index < -0.39 is 0 Å². The third-order valence-corrected chi connectivity index (χ3v) is 2.65. The third-order valence-electron chi connectivity index (χ3n) is 2.65. The Morgan fingerprint density at radius 2 is 2.50 bits per heavy atom. The number of hydrogen-bond acceptors (Lipinski definition) is 3. The van der Waals surface area contributed by atoms with E-state index in [9.17, 15) is 4.79 Å². The van der Waals surface area contributed by atoms with Crippen molar-refractivity contribution in [1.29, 1.82) is 0 Å². The fourth-order valence-electron chi connectivity index (χ4n) is 2.00. The van der Waals surface area contributed by atoms with Crippen molar-refractivity contribution in [3.8, 4) is 0 Å². The van der Waals surface area contributed by atoms with Gasteiger partial charge in [0.25, 0.3) is 0 Å².